The van der Waals surface area contributed by atoms with Crippen LogP contribution >= 0.6 is 0 Å². The Balaban J connectivity index is 2.75. The van der Waals surface area contributed by atoms with Crippen molar-refractivity contribution in [1.82, 2.24) is 0 Å². The first-order valence-electron chi connectivity index (χ1n) is 5.41. The minimum Gasteiger partial charge on any atom is -0.377 e. The summed E-state index contributed by atoms with van der Waals surface area (Å²) in [5.41, 5.74) is 5.83. The molecule has 0 spiro atoms. The topological polar surface area (TPSA) is 35.2 Å². The maximum atomic E-state index is 5.85. The van der Waals surface area contributed by atoms with Gasteiger partial charge < -0.3 is 10.5 Å². The second-order valence-electron chi connectivity index (χ2n) is 4.57. The van der Waals surface area contributed by atoms with Crippen LogP contribution in [0, 0.1) is 11.8 Å². The van der Waals surface area contributed by atoms with E-state index in [1.165, 1.54) is 19.3 Å². The molecule has 0 aromatic rings. The smallest absolute Gasteiger partial charge is 0.0830 e. The Kier molecular flexibility index (Phi) is 3.74. The molecular weight excluding hydrogens is 162 g/mol. The van der Waals surface area contributed by atoms with Gasteiger partial charge in [0.2, 0.25) is 0 Å². The predicted molar refractivity (Wildman–Crippen MR) is 55.6 cm³/mol. The molecule has 1 rings (SSSR count). The molecule has 2 nitrogen and oxygen atoms in total. The number of hydrogen-bond acceptors (Lipinski definition) is 2. The van der Waals surface area contributed by atoms with Crippen molar-refractivity contribution in [2.45, 2.75) is 45.1 Å². The summed E-state index contributed by atoms with van der Waals surface area (Å²) < 4.78 is 5.68. The standard InChI is InChI=1S/C11H23NO/c1-9(2)10-6-4-5-7-11(10,8-12)13-3/h9-10H,4-8,12H2,1-3H3. The molecule has 13 heavy (non-hydrogen) atoms. The van der Waals surface area contributed by atoms with Crippen molar-refractivity contribution >= 4 is 0 Å². The third-order valence-electron chi connectivity index (χ3n) is 3.60. The van der Waals surface area contributed by atoms with E-state index >= 15 is 0 Å². The Morgan fingerprint density at radius 1 is 1.46 bits per heavy atom. The quantitative estimate of drug-likeness (QED) is 0.731. The van der Waals surface area contributed by atoms with Gasteiger partial charge in [0.1, 0.15) is 0 Å². The Bertz CT molecular complexity index is 152. The van der Waals surface area contributed by atoms with Crippen molar-refractivity contribution in [2.24, 2.45) is 17.6 Å². The summed E-state index contributed by atoms with van der Waals surface area (Å²) in [6.07, 6.45) is 5.04. The lowest BCUT2D eigenvalue weighted by atomic mass is 9.70. The van der Waals surface area contributed by atoms with Crippen LogP contribution in [0.5, 0.6) is 0 Å². The zero-order valence-electron chi connectivity index (χ0n) is 9.18. The summed E-state index contributed by atoms with van der Waals surface area (Å²) in [6, 6.07) is 0. The van der Waals surface area contributed by atoms with Gasteiger partial charge in [-0.05, 0) is 24.7 Å². The van der Waals surface area contributed by atoms with Crippen LogP contribution in [-0.4, -0.2) is 19.3 Å². The summed E-state index contributed by atoms with van der Waals surface area (Å²) in [7, 11) is 1.81. The Morgan fingerprint density at radius 2 is 2.15 bits per heavy atom. The summed E-state index contributed by atoms with van der Waals surface area (Å²) in [5, 5.41) is 0. The van der Waals surface area contributed by atoms with E-state index < -0.39 is 0 Å². The van der Waals surface area contributed by atoms with Crippen LogP contribution in [0.1, 0.15) is 39.5 Å². The lowest BCUT2D eigenvalue weighted by Crippen LogP contribution is -2.50. The molecular formula is C11H23NO. The average Bonchev–Trinajstić information content (AvgIpc) is 2.17. The molecule has 1 fully saturated rings. The molecule has 0 aliphatic heterocycles. The van der Waals surface area contributed by atoms with Crippen molar-refractivity contribution < 1.29 is 4.74 Å². The zero-order chi connectivity index (χ0) is 9.90. The van der Waals surface area contributed by atoms with E-state index in [4.69, 9.17) is 10.5 Å². The second-order valence-corrected chi connectivity index (χ2v) is 4.57. The van der Waals surface area contributed by atoms with E-state index in [2.05, 4.69) is 13.8 Å². The number of nitrogens with two attached hydrogens (primary N) is 1. The van der Waals surface area contributed by atoms with Crippen LogP contribution in [0.25, 0.3) is 0 Å². The maximum absolute atomic E-state index is 5.85. The molecule has 2 atom stereocenters. The van der Waals surface area contributed by atoms with Gasteiger partial charge in [0.25, 0.3) is 0 Å². The average molecular weight is 185 g/mol. The molecule has 0 radical (unpaired) electrons. The van der Waals surface area contributed by atoms with Gasteiger partial charge in [0.15, 0.2) is 0 Å². The summed E-state index contributed by atoms with van der Waals surface area (Å²) >= 11 is 0. The Morgan fingerprint density at radius 3 is 2.54 bits per heavy atom. The molecule has 0 bridgehead atoms. The van der Waals surface area contributed by atoms with Gasteiger partial charge in [-0.25, -0.2) is 0 Å². The largest absolute Gasteiger partial charge is 0.377 e. The van der Waals surface area contributed by atoms with Crippen LogP contribution in [0.3, 0.4) is 0 Å². The molecule has 0 aromatic carbocycles. The van der Waals surface area contributed by atoms with Crippen molar-refractivity contribution in [3.8, 4) is 0 Å². The number of hydrogen-bond donors (Lipinski definition) is 1. The number of methoxy groups -OCH3 is 1. The second kappa shape index (κ2) is 4.43. The molecule has 0 saturated heterocycles. The molecule has 2 heteroatoms. The molecule has 2 N–H and O–H groups in total. The molecule has 1 aliphatic carbocycles. The molecule has 2 unspecified atom stereocenters. The highest BCUT2D eigenvalue weighted by atomic mass is 16.5. The van der Waals surface area contributed by atoms with Gasteiger partial charge in [0, 0.05) is 13.7 Å². The predicted octanol–water partition coefficient (Wildman–Crippen LogP) is 2.18. The van der Waals surface area contributed by atoms with Gasteiger partial charge >= 0.3 is 0 Å². The highest BCUT2D eigenvalue weighted by molar-refractivity contribution is 4.93. The highest BCUT2D eigenvalue weighted by Crippen LogP contribution is 2.39. The fraction of sp³-hybridized carbons (Fsp3) is 1.00. The van der Waals surface area contributed by atoms with Gasteiger partial charge in [-0.1, -0.05) is 26.7 Å². The molecule has 78 valence electrons. The number of rotatable bonds is 3. The van der Waals surface area contributed by atoms with E-state index in [1.54, 1.807) is 0 Å². The third-order valence-corrected chi connectivity index (χ3v) is 3.60. The van der Waals surface area contributed by atoms with Crippen LogP contribution < -0.4 is 5.73 Å². The molecule has 0 heterocycles. The minimum absolute atomic E-state index is 0.0214. The van der Waals surface area contributed by atoms with Gasteiger partial charge in [-0.15, -0.1) is 0 Å². The summed E-state index contributed by atoms with van der Waals surface area (Å²) in [4.78, 5) is 0. The van der Waals surface area contributed by atoms with Gasteiger partial charge in [-0.2, -0.15) is 0 Å². The van der Waals surface area contributed by atoms with E-state index in [0.29, 0.717) is 18.4 Å². The van der Waals surface area contributed by atoms with Crippen molar-refractivity contribution in [1.29, 1.82) is 0 Å². The van der Waals surface area contributed by atoms with Crippen LogP contribution in [-0.2, 0) is 4.74 Å². The summed E-state index contributed by atoms with van der Waals surface area (Å²) in [5.74, 6) is 1.33. The third kappa shape index (κ3) is 2.05. The Hall–Kier alpha value is -0.0800. The monoisotopic (exact) mass is 185 g/mol. The van der Waals surface area contributed by atoms with Crippen molar-refractivity contribution in [3.05, 3.63) is 0 Å². The van der Waals surface area contributed by atoms with E-state index in [1.807, 2.05) is 7.11 Å². The number of ether oxygens (including phenoxy) is 1. The molecule has 0 aromatic heterocycles. The van der Waals surface area contributed by atoms with Crippen molar-refractivity contribution in [3.63, 3.8) is 0 Å². The van der Waals surface area contributed by atoms with E-state index in [0.717, 1.165) is 6.42 Å². The van der Waals surface area contributed by atoms with Gasteiger partial charge in [-0.3, -0.25) is 0 Å². The lowest BCUT2D eigenvalue weighted by molar-refractivity contribution is -0.0901. The fourth-order valence-corrected chi connectivity index (χ4v) is 2.77. The zero-order valence-corrected chi connectivity index (χ0v) is 9.18. The first-order valence-corrected chi connectivity index (χ1v) is 5.41. The molecule has 0 amide bonds. The Labute approximate surface area is 81.8 Å². The van der Waals surface area contributed by atoms with Gasteiger partial charge in [0.05, 0.1) is 5.60 Å². The minimum atomic E-state index is -0.0214. The highest BCUT2D eigenvalue weighted by Gasteiger charge is 2.41. The maximum Gasteiger partial charge on any atom is 0.0830 e. The fourth-order valence-electron chi connectivity index (χ4n) is 2.77. The molecule has 1 saturated carbocycles. The normalized spacial score (nSPS) is 35.3. The summed E-state index contributed by atoms with van der Waals surface area (Å²) in [6.45, 7) is 5.23. The van der Waals surface area contributed by atoms with Crippen LogP contribution in [0.15, 0.2) is 0 Å². The first kappa shape index (κ1) is 11.0. The van der Waals surface area contributed by atoms with Crippen molar-refractivity contribution in [2.75, 3.05) is 13.7 Å². The van der Waals surface area contributed by atoms with Crippen LogP contribution in [0.2, 0.25) is 0 Å². The van der Waals surface area contributed by atoms with Crippen LogP contribution in [0.4, 0.5) is 0 Å². The van der Waals surface area contributed by atoms with E-state index in [-0.39, 0.29) is 5.60 Å². The first-order chi connectivity index (χ1) is 6.16. The SMILES string of the molecule is COC1(CN)CCCCC1C(C)C. The lowest BCUT2D eigenvalue weighted by Gasteiger charge is -2.44. The molecule has 1 aliphatic rings. The van der Waals surface area contributed by atoms with E-state index in [9.17, 15) is 0 Å².